The summed E-state index contributed by atoms with van der Waals surface area (Å²) >= 11 is 0. The van der Waals surface area contributed by atoms with Crippen LogP contribution in [0.25, 0.3) is 0 Å². The average Bonchev–Trinajstić information content (AvgIpc) is 2.69. The van der Waals surface area contributed by atoms with Crippen LogP contribution < -0.4 is 14.4 Å². The SMILES string of the molecule is CCc1ccc(OC)c(S(=O)(=O)Nc2ccc3c(c2)CCC(=O)N3CC(C)C)c1. The Hall–Kier alpha value is -2.54. The zero-order valence-electron chi connectivity index (χ0n) is 17.4. The first-order valence-electron chi connectivity index (χ1n) is 9.88. The lowest BCUT2D eigenvalue weighted by Gasteiger charge is -2.31. The zero-order chi connectivity index (χ0) is 21.2. The highest BCUT2D eigenvalue weighted by atomic mass is 32.2. The third-order valence-electron chi connectivity index (χ3n) is 5.01. The molecule has 156 valence electrons. The van der Waals surface area contributed by atoms with E-state index < -0.39 is 10.0 Å². The number of anilines is 2. The van der Waals surface area contributed by atoms with Crippen molar-refractivity contribution in [1.82, 2.24) is 0 Å². The fourth-order valence-corrected chi connectivity index (χ4v) is 4.82. The summed E-state index contributed by atoms with van der Waals surface area (Å²) in [6.45, 7) is 6.76. The van der Waals surface area contributed by atoms with E-state index in [0.29, 0.717) is 36.7 Å². The van der Waals surface area contributed by atoms with Gasteiger partial charge in [0.25, 0.3) is 10.0 Å². The molecule has 7 heteroatoms. The van der Waals surface area contributed by atoms with E-state index in [4.69, 9.17) is 4.74 Å². The number of methoxy groups -OCH3 is 1. The Morgan fingerprint density at radius 3 is 2.55 bits per heavy atom. The number of hydrogen-bond donors (Lipinski definition) is 1. The van der Waals surface area contributed by atoms with Gasteiger partial charge in [-0.25, -0.2) is 8.42 Å². The highest BCUT2D eigenvalue weighted by Crippen LogP contribution is 2.33. The minimum absolute atomic E-state index is 0.112. The fourth-order valence-electron chi connectivity index (χ4n) is 3.55. The molecule has 0 spiro atoms. The third kappa shape index (κ3) is 4.56. The maximum atomic E-state index is 13.0. The van der Waals surface area contributed by atoms with Crippen molar-refractivity contribution in [2.24, 2.45) is 5.92 Å². The van der Waals surface area contributed by atoms with E-state index >= 15 is 0 Å². The van der Waals surface area contributed by atoms with Gasteiger partial charge in [0.2, 0.25) is 5.91 Å². The standard InChI is InChI=1S/C22H28N2O4S/c1-5-16-6-10-20(28-4)21(12-16)29(26,27)23-18-8-9-19-17(13-18)7-11-22(25)24(19)14-15(2)3/h6,8-10,12-13,15,23H,5,7,11,14H2,1-4H3. The molecule has 1 aliphatic heterocycles. The second-order valence-electron chi connectivity index (χ2n) is 7.69. The second-order valence-corrected chi connectivity index (χ2v) is 9.34. The summed E-state index contributed by atoms with van der Waals surface area (Å²) in [6.07, 6.45) is 1.76. The Morgan fingerprint density at radius 1 is 1.14 bits per heavy atom. The molecule has 2 aromatic rings. The lowest BCUT2D eigenvalue weighted by molar-refractivity contribution is -0.119. The number of nitrogens with one attached hydrogen (secondary N) is 1. The lowest BCUT2D eigenvalue weighted by Crippen LogP contribution is -2.37. The largest absolute Gasteiger partial charge is 0.495 e. The van der Waals surface area contributed by atoms with Gasteiger partial charge in [-0.1, -0.05) is 26.8 Å². The molecule has 29 heavy (non-hydrogen) atoms. The van der Waals surface area contributed by atoms with Gasteiger partial charge in [0.15, 0.2) is 0 Å². The summed E-state index contributed by atoms with van der Waals surface area (Å²) in [5.74, 6) is 0.767. The van der Waals surface area contributed by atoms with Crippen LogP contribution in [0.3, 0.4) is 0 Å². The second kappa shape index (κ2) is 8.45. The van der Waals surface area contributed by atoms with Crippen LogP contribution in [-0.4, -0.2) is 28.0 Å². The number of sulfonamides is 1. The summed E-state index contributed by atoms with van der Waals surface area (Å²) in [5, 5.41) is 0. The first kappa shape index (κ1) is 21.2. The molecule has 1 amide bonds. The number of amides is 1. The molecule has 6 nitrogen and oxygen atoms in total. The molecule has 1 heterocycles. The van der Waals surface area contributed by atoms with Gasteiger partial charge in [-0.05, 0) is 60.2 Å². The number of hydrogen-bond acceptors (Lipinski definition) is 4. The molecule has 0 unspecified atom stereocenters. The quantitative estimate of drug-likeness (QED) is 0.740. The Kier molecular flexibility index (Phi) is 6.17. The lowest BCUT2D eigenvalue weighted by atomic mass is 9.99. The monoisotopic (exact) mass is 416 g/mol. The Labute approximate surface area is 172 Å². The van der Waals surface area contributed by atoms with E-state index in [1.165, 1.54) is 7.11 Å². The number of nitrogens with zero attached hydrogens (tertiary/aromatic N) is 1. The molecular formula is C22H28N2O4S. The van der Waals surface area contributed by atoms with Gasteiger partial charge in [0.05, 0.1) is 7.11 Å². The van der Waals surface area contributed by atoms with Crippen molar-refractivity contribution >= 4 is 27.3 Å². The summed E-state index contributed by atoms with van der Waals surface area (Å²) in [7, 11) is -2.36. The summed E-state index contributed by atoms with van der Waals surface area (Å²) in [6, 6.07) is 10.5. The smallest absolute Gasteiger partial charge is 0.265 e. The molecule has 0 radical (unpaired) electrons. The molecule has 2 aromatic carbocycles. The van der Waals surface area contributed by atoms with Crippen LogP contribution in [0.2, 0.25) is 0 Å². The van der Waals surface area contributed by atoms with E-state index in [1.807, 2.05) is 25.1 Å². The average molecular weight is 417 g/mol. The number of fused-ring (bicyclic) bond motifs is 1. The van der Waals surface area contributed by atoms with Crippen LogP contribution in [0.5, 0.6) is 5.75 Å². The molecule has 0 atom stereocenters. The molecule has 0 fully saturated rings. The maximum Gasteiger partial charge on any atom is 0.265 e. The number of ether oxygens (including phenoxy) is 1. The van der Waals surface area contributed by atoms with Crippen molar-refractivity contribution in [2.75, 3.05) is 23.3 Å². The molecule has 3 rings (SSSR count). The first-order chi connectivity index (χ1) is 13.7. The molecule has 0 aromatic heterocycles. The fraction of sp³-hybridized carbons (Fsp3) is 0.409. The predicted octanol–water partition coefficient (Wildman–Crippen LogP) is 3.99. The number of carbonyl (C=O) groups excluding carboxylic acids is 1. The van der Waals surface area contributed by atoms with Crippen molar-refractivity contribution in [3.8, 4) is 5.75 Å². The van der Waals surface area contributed by atoms with Crippen molar-refractivity contribution in [3.05, 3.63) is 47.5 Å². The highest BCUT2D eigenvalue weighted by Gasteiger charge is 2.26. The third-order valence-corrected chi connectivity index (χ3v) is 6.41. The minimum atomic E-state index is -3.81. The number of rotatable bonds is 7. The minimum Gasteiger partial charge on any atom is -0.495 e. The van der Waals surface area contributed by atoms with Gasteiger partial charge < -0.3 is 9.64 Å². The molecule has 0 bridgehead atoms. The van der Waals surface area contributed by atoms with E-state index in [9.17, 15) is 13.2 Å². The first-order valence-corrected chi connectivity index (χ1v) is 11.4. The number of aryl methyl sites for hydroxylation is 2. The topological polar surface area (TPSA) is 75.7 Å². The van der Waals surface area contributed by atoms with Gasteiger partial charge in [-0.15, -0.1) is 0 Å². The van der Waals surface area contributed by atoms with E-state index in [0.717, 1.165) is 23.2 Å². The van der Waals surface area contributed by atoms with Crippen LogP contribution in [0.4, 0.5) is 11.4 Å². The van der Waals surface area contributed by atoms with Gasteiger partial charge in [0.1, 0.15) is 10.6 Å². The zero-order valence-corrected chi connectivity index (χ0v) is 18.2. The molecule has 0 aliphatic carbocycles. The van der Waals surface area contributed by atoms with Crippen molar-refractivity contribution in [3.63, 3.8) is 0 Å². The van der Waals surface area contributed by atoms with Crippen molar-refractivity contribution in [2.45, 2.75) is 44.9 Å². The normalized spacial score (nSPS) is 14.1. The van der Waals surface area contributed by atoms with Gasteiger partial charge >= 0.3 is 0 Å². The molecule has 0 saturated heterocycles. The number of carbonyl (C=O) groups is 1. The van der Waals surface area contributed by atoms with Crippen LogP contribution >= 0.6 is 0 Å². The van der Waals surface area contributed by atoms with E-state index in [2.05, 4.69) is 18.6 Å². The number of benzene rings is 2. The van der Waals surface area contributed by atoms with Crippen LogP contribution in [0.1, 0.15) is 38.3 Å². The summed E-state index contributed by atoms with van der Waals surface area (Å²) in [5.41, 5.74) is 3.23. The Bertz CT molecular complexity index is 1020. The maximum absolute atomic E-state index is 13.0. The van der Waals surface area contributed by atoms with Crippen LogP contribution in [0.15, 0.2) is 41.3 Å². The van der Waals surface area contributed by atoms with Crippen molar-refractivity contribution < 1.29 is 17.9 Å². The van der Waals surface area contributed by atoms with Crippen molar-refractivity contribution in [1.29, 1.82) is 0 Å². The molecule has 1 N–H and O–H groups in total. The summed E-state index contributed by atoms with van der Waals surface area (Å²) in [4.78, 5) is 14.2. The van der Waals surface area contributed by atoms with Gasteiger partial charge in [0, 0.05) is 24.3 Å². The highest BCUT2D eigenvalue weighted by molar-refractivity contribution is 7.92. The Morgan fingerprint density at radius 2 is 1.90 bits per heavy atom. The molecular weight excluding hydrogens is 388 g/mol. The Balaban J connectivity index is 1.92. The van der Waals surface area contributed by atoms with Crippen LogP contribution in [-0.2, 0) is 27.7 Å². The molecule has 1 aliphatic rings. The molecule has 0 saturated carbocycles. The van der Waals surface area contributed by atoms with Crippen LogP contribution in [0, 0.1) is 5.92 Å². The van der Waals surface area contributed by atoms with Gasteiger partial charge in [-0.2, -0.15) is 0 Å². The van der Waals surface area contributed by atoms with E-state index in [-0.39, 0.29) is 10.8 Å². The van der Waals surface area contributed by atoms with E-state index in [1.54, 1.807) is 23.1 Å². The van der Waals surface area contributed by atoms with Gasteiger partial charge in [-0.3, -0.25) is 9.52 Å². The predicted molar refractivity (Wildman–Crippen MR) is 115 cm³/mol. The summed E-state index contributed by atoms with van der Waals surface area (Å²) < 4.78 is 34.0.